The highest BCUT2D eigenvalue weighted by Crippen LogP contribution is 2.45. The maximum Gasteiger partial charge on any atom is 0.145 e. The largest absolute Gasteiger partial charge is 0.290 e. The summed E-state index contributed by atoms with van der Waals surface area (Å²) < 4.78 is 6.93. The SMILES string of the molecule is c1ccc(-c2cccc(-c3nc4c(c5nc(-c6cccc(-c7ccccc7)c6)n(-c6ccccc6)c5c5nc(-c6cccc(-c7ccccc7)c6)n(-c6ccccc6)c45)n3-c3ccccc3)c2)cc1. The predicted octanol–water partition coefficient (Wildman–Crippen LogP) is 15.7. The molecule has 10 aromatic carbocycles. The lowest BCUT2D eigenvalue weighted by Gasteiger charge is -2.13. The number of nitrogens with zero attached hydrogens (tertiary/aromatic N) is 6. The van der Waals surface area contributed by atoms with Crippen LogP contribution in [0.3, 0.4) is 0 Å². The predicted molar refractivity (Wildman–Crippen MR) is 283 cm³/mol. The van der Waals surface area contributed by atoms with Gasteiger partial charge >= 0.3 is 0 Å². The molecule has 324 valence electrons. The fraction of sp³-hybridized carbons (Fsp3) is 0. The molecule has 13 rings (SSSR count). The van der Waals surface area contributed by atoms with Gasteiger partial charge in [0.15, 0.2) is 0 Å². The van der Waals surface area contributed by atoms with E-state index in [0.717, 1.165) is 118 Å². The molecule has 0 aliphatic carbocycles. The van der Waals surface area contributed by atoms with Crippen molar-refractivity contribution in [3.63, 3.8) is 0 Å². The fourth-order valence-electron chi connectivity index (χ4n) is 9.88. The lowest BCUT2D eigenvalue weighted by Crippen LogP contribution is -2.00. The molecular weight excluding hydrogens is 841 g/mol. The van der Waals surface area contributed by atoms with Crippen LogP contribution in [0.1, 0.15) is 0 Å². The minimum absolute atomic E-state index is 0.797. The lowest BCUT2D eigenvalue weighted by atomic mass is 10.0. The van der Waals surface area contributed by atoms with Gasteiger partial charge in [0.1, 0.15) is 50.6 Å². The minimum atomic E-state index is 0.797. The van der Waals surface area contributed by atoms with Crippen molar-refractivity contribution in [2.75, 3.05) is 0 Å². The standard InChI is InChI=1S/C63H42N6/c1-7-22-43(23-8-1)46-28-19-31-49(40-46)61-64-55-58(67(61)52-34-13-4-14-35-52)56-60(69(54-38-17-6-18-39-54)62(65-56)50-32-20-29-47(41-50)44-24-9-2-10-25-44)57-59(55)68(53-36-15-5-16-37-53)63(66-57)51-33-21-30-48(42-51)45-26-11-3-12-27-45/h1-42H. The van der Waals surface area contributed by atoms with Crippen LogP contribution in [-0.2, 0) is 0 Å². The van der Waals surface area contributed by atoms with Gasteiger partial charge in [-0.2, -0.15) is 0 Å². The molecule has 3 heterocycles. The third-order valence-corrected chi connectivity index (χ3v) is 13.0. The Kier molecular flexibility index (Phi) is 9.72. The van der Waals surface area contributed by atoms with Gasteiger partial charge in [-0.15, -0.1) is 0 Å². The van der Waals surface area contributed by atoms with Gasteiger partial charge in [-0.1, -0.05) is 200 Å². The normalized spacial score (nSPS) is 11.5. The summed E-state index contributed by atoms with van der Waals surface area (Å²) in [6.07, 6.45) is 0. The first-order chi connectivity index (χ1) is 34.2. The van der Waals surface area contributed by atoms with Crippen molar-refractivity contribution >= 4 is 33.1 Å². The van der Waals surface area contributed by atoms with Gasteiger partial charge in [0.25, 0.3) is 0 Å². The highest BCUT2D eigenvalue weighted by Gasteiger charge is 2.30. The van der Waals surface area contributed by atoms with Crippen molar-refractivity contribution < 1.29 is 0 Å². The van der Waals surface area contributed by atoms with E-state index in [1.165, 1.54) is 0 Å². The number of para-hydroxylation sites is 3. The molecule has 0 amide bonds. The van der Waals surface area contributed by atoms with Gasteiger partial charge in [0.2, 0.25) is 0 Å². The van der Waals surface area contributed by atoms with Gasteiger partial charge in [-0.3, -0.25) is 13.7 Å². The third kappa shape index (κ3) is 6.93. The lowest BCUT2D eigenvalue weighted by molar-refractivity contribution is 1.10. The van der Waals surface area contributed by atoms with E-state index in [9.17, 15) is 0 Å². The Morgan fingerprint density at radius 3 is 0.681 bits per heavy atom. The third-order valence-electron chi connectivity index (χ3n) is 13.0. The number of rotatable bonds is 9. The van der Waals surface area contributed by atoms with E-state index in [0.29, 0.717) is 0 Å². The molecule has 6 heteroatoms. The van der Waals surface area contributed by atoms with Crippen LogP contribution in [0.25, 0.3) is 118 Å². The topological polar surface area (TPSA) is 53.5 Å². The Morgan fingerprint density at radius 2 is 0.420 bits per heavy atom. The average Bonchev–Trinajstić information content (AvgIpc) is 4.16. The molecule has 0 aliphatic rings. The highest BCUT2D eigenvalue weighted by molar-refractivity contribution is 6.22. The second kappa shape index (κ2) is 16.8. The van der Waals surface area contributed by atoms with Crippen molar-refractivity contribution in [3.05, 3.63) is 255 Å². The number of benzene rings is 10. The summed E-state index contributed by atoms with van der Waals surface area (Å²) in [5.41, 5.74) is 17.7. The zero-order chi connectivity index (χ0) is 45.7. The molecular formula is C63H42N6. The van der Waals surface area contributed by atoms with Gasteiger partial charge in [-0.05, 0) is 88.0 Å². The van der Waals surface area contributed by atoms with Gasteiger partial charge in [0.05, 0.1) is 0 Å². The molecule has 13 aromatic rings. The van der Waals surface area contributed by atoms with Crippen LogP contribution < -0.4 is 0 Å². The zero-order valence-corrected chi connectivity index (χ0v) is 37.4. The number of imidazole rings is 3. The first-order valence-corrected chi connectivity index (χ1v) is 23.3. The van der Waals surface area contributed by atoms with Crippen molar-refractivity contribution in [2.24, 2.45) is 0 Å². The molecule has 0 radical (unpaired) electrons. The van der Waals surface area contributed by atoms with Crippen LogP contribution in [0.2, 0.25) is 0 Å². The van der Waals surface area contributed by atoms with Gasteiger partial charge in [-0.25, -0.2) is 15.0 Å². The Balaban J connectivity index is 1.22. The van der Waals surface area contributed by atoms with Crippen molar-refractivity contribution in [3.8, 4) is 84.6 Å². The minimum Gasteiger partial charge on any atom is -0.290 e. The average molecular weight is 883 g/mol. The summed E-state index contributed by atoms with van der Waals surface area (Å²) >= 11 is 0. The Morgan fingerprint density at radius 1 is 0.203 bits per heavy atom. The summed E-state index contributed by atoms with van der Waals surface area (Å²) in [4.78, 5) is 17.5. The van der Waals surface area contributed by atoms with Crippen LogP contribution in [0.4, 0.5) is 0 Å². The summed E-state index contributed by atoms with van der Waals surface area (Å²) in [7, 11) is 0. The molecule has 0 saturated heterocycles. The Bertz CT molecular complexity index is 3520. The van der Waals surface area contributed by atoms with Gasteiger partial charge in [0, 0.05) is 33.8 Å². The second-order valence-corrected chi connectivity index (χ2v) is 17.3. The van der Waals surface area contributed by atoms with E-state index in [1.807, 2.05) is 0 Å². The van der Waals surface area contributed by atoms with Crippen molar-refractivity contribution in [1.29, 1.82) is 0 Å². The molecule has 0 saturated carbocycles. The molecule has 0 spiro atoms. The molecule has 0 atom stereocenters. The van der Waals surface area contributed by atoms with E-state index < -0.39 is 0 Å². The summed E-state index contributed by atoms with van der Waals surface area (Å²) in [5.74, 6) is 2.41. The van der Waals surface area contributed by atoms with E-state index in [2.05, 4.69) is 268 Å². The van der Waals surface area contributed by atoms with E-state index >= 15 is 0 Å². The number of hydrogen-bond donors (Lipinski definition) is 0. The van der Waals surface area contributed by atoms with Crippen LogP contribution in [0.15, 0.2) is 255 Å². The smallest absolute Gasteiger partial charge is 0.145 e. The zero-order valence-electron chi connectivity index (χ0n) is 37.4. The van der Waals surface area contributed by atoms with E-state index in [4.69, 9.17) is 15.0 Å². The van der Waals surface area contributed by atoms with Crippen LogP contribution in [0, 0.1) is 0 Å². The molecule has 0 N–H and O–H groups in total. The molecule has 69 heavy (non-hydrogen) atoms. The van der Waals surface area contributed by atoms with Crippen LogP contribution in [-0.4, -0.2) is 28.7 Å². The Labute approximate surface area is 399 Å². The van der Waals surface area contributed by atoms with Crippen LogP contribution in [0.5, 0.6) is 0 Å². The molecule has 0 fully saturated rings. The first kappa shape index (κ1) is 39.9. The maximum atomic E-state index is 5.82. The number of aromatic nitrogens is 6. The quantitative estimate of drug-likeness (QED) is 0.145. The molecule has 6 nitrogen and oxygen atoms in total. The molecule has 0 bridgehead atoms. The monoisotopic (exact) mass is 882 g/mol. The van der Waals surface area contributed by atoms with Gasteiger partial charge < -0.3 is 0 Å². The fourth-order valence-corrected chi connectivity index (χ4v) is 9.88. The van der Waals surface area contributed by atoms with E-state index in [-0.39, 0.29) is 0 Å². The molecule has 0 unspecified atom stereocenters. The summed E-state index contributed by atoms with van der Waals surface area (Å²) in [6, 6.07) is 89.5. The molecule has 3 aromatic heterocycles. The van der Waals surface area contributed by atoms with Crippen molar-refractivity contribution in [2.45, 2.75) is 0 Å². The number of hydrogen-bond acceptors (Lipinski definition) is 3. The van der Waals surface area contributed by atoms with Crippen molar-refractivity contribution in [1.82, 2.24) is 28.7 Å². The first-order valence-electron chi connectivity index (χ1n) is 23.3. The number of fused-ring (bicyclic) bond motifs is 6. The summed E-state index contributed by atoms with van der Waals surface area (Å²) in [5, 5.41) is 0. The summed E-state index contributed by atoms with van der Waals surface area (Å²) in [6.45, 7) is 0. The second-order valence-electron chi connectivity index (χ2n) is 17.3. The Hall–Kier alpha value is -9.39. The molecule has 0 aliphatic heterocycles. The van der Waals surface area contributed by atoms with E-state index in [1.54, 1.807) is 0 Å². The van der Waals surface area contributed by atoms with Crippen LogP contribution >= 0.6 is 0 Å². The highest BCUT2D eigenvalue weighted by atomic mass is 15.2. The maximum absolute atomic E-state index is 5.82.